The Balaban J connectivity index is 1.14. The Hall–Kier alpha value is -1.98. The Labute approximate surface area is 193 Å². The Morgan fingerprint density at radius 3 is 2.59 bits per heavy atom. The average Bonchev–Trinajstić information content (AvgIpc) is 3.49. The minimum Gasteiger partial charge on any atom is -0.351 e. The number of urea groups is 1. The van der Waals surface area contributed by atoms with Gasteiger partial charge in [0.25, 0.3) is 5.91 Å². The summed E-state index contributed by atoms with van der Waals surface area (Å²) in [4.78, 5) is 29.0. The first-order valence-corrected chi connectivity index (χ1v) is 13.6. The largest absolute Gasteiger partial charge is 0.351 e. The summed E-state index contributed by atoms with van der Waals surface area (Å²) in [6.07, 6.45) is 8.87. The van der Waals surface area contributed by atoms with Crippen molar-refractivity contribution in [1.29, 1.82) is 0 Å². The fraction of sp³-hybridized carbons (Fsp3) is 0.667. The topological polar surface area (TPSA) is 120 Å². The first-order chi connectivity index (χ1) is 15.3. The number of amides is 3. The van der Waals surface area contributed by atoms with Gasteiger partial charge in [-0.05, 0) is 62.7 Å². The van der Waals surface area contributed by atoms with Gasteiger partial charge in [0.2, 0.25) is 0 Å². The van der Waals surface area contributed by atoms with E-state index in [-0.39, 0.29) is 5.91 Å². The maximum absolute atomic E-state index is 12.6. The van der Waals surface area contributed by atoms with Crippen LogP contribution in [0.25, 0.3) is 0 Å². The number of aryl methyl sites for hydroxylation is 1. The van der Waals surface area contributed by atoms with E-state index in [1.54, 1.807) is 5.51 Å². The molecule has 2 heterocycles. The van der Waals surface area contributed by atoms with E-state index in [2.05, 4.69) is 32.5 Å². The molecule has 11 heteroatoms. The van der Waals surface area contributed by atoms with Gasteiger partial charge in [-0.15, -0.1) is 11.3 Å². The van der Waals surface area contributed by atoms with Crippen molar-refractivity contribution < 1.29 is 18.0 Å². The fourth-order valence-corrected chi connectivity index (χ4v) is 6.84. The molecule has 1 saturated heterocycles. The van der Waals surface area contributed by atoms with Crippen molar-refractivity contribution in [3.8, 4) is 0 Å². The van der Waals surface area contributed by atoms with E-state index < -0.39 is 16.2 Å². The molecule has 0 radical (unpaired) electrons. The minimum absolute atomic E-state index is 0.110. The summed E-state index contributed by atoms with van der Waals surface area (Å²) in [5.74, 6) is 1.75. The zero-order chi connectivity index (χ0) is 22.7. The zero-order valence-electron chi connectivity index (χ0n) is 18.2. The van der Waals surface area contributed by atoms with Gasteiger partial charge in [0, 0.05) is 26.2 Å². The van der Waals surface area contributed by atoms with Gasteiger partial charge in [-0.3, -0.25) is 4.79 Å². The number of aromatic nitrogens is 1. The van der Waals surface area contributed by atoms with Crippen LogP contribution < -0.4 is 15.4 Å². The maximum atomic E-state index is 12.6. The fourth-order valence-electron chi connectivity index (χ4n) is 5.00. The molecule has 3 N–H and O–H groups in total. The number of nitrogens with one attached hydrogen (secondary N) is 3. The number of carbonyl (C=O) groups is 2. The van der Waals surface area contributed by atoms with E-state index in [9.17, 15) is 18.0 Å². The normalized spacial score (nSPS) is 25.7. The van der Waals surface area contributed by atoms with E-state index >= 15 is 0 Å². The van der Waals surface area contributed by atoms with Gasteiger partial charge in [0.05, 0.1) is 11.2 Å². The van der Waals surface area contributed by atoms with E-state index in [0.29, 0.717) is 67.6 Å². The van der Waals surface area contributed by atoms with Crippen molar-refractivity contribution in [2.24, 2.45) is 23.7 Å². The lowest BCUT2D eigenvalue weighted by Gasteiger charge is -2.31. The Kier molecular flexibility index (Phi) is 7.16. The molecule has 2 fully saturated rings. The molecule has 32 heavy (non-hydrogen) atoms. The summed E-state index contributed by atoms with van der Waals surface area (Å²) in [5.41, 5.74) is 2.39. The highest BCUT2D eigenvalue weighted by molar-refractivity contribution is 7.87. The maximum Gasteiger partial charge on any atom is 0.329 e. The molecule has 3 aliphatic rings. The Morgan fingerprint density at radius 2 is 1.97 bits per heavy atom. The molecule has 2 aliphatic carbocycles. The molecule has 2 bridgehead atoms. The third kappa shape index (κ3) is 5.49. The molecule has 1 saturated carbocycles. The molecule has 9 nitrogen and oxygen atoms in total. The van der Waals surface area contributed by atoms with E-state index in [1.807, 2.05) is 6.92 Å². The summed E-state index contributed by atoms with van der Waals surface area (Å²) in [6.45, 7) is 3.60. The predicted octanol–water partition coefficient (Wildman–Crippen LogP) is 2.04. The lowest BCUT2D eigenvalue weighted by atomic mass is 9.94. The second-order valence-electron chi connectivity index (χ2n) is 9.01. The van der Waals surface area contributed by atoms with Gasteiger partial charge < -0.3 is 10.6 Å². The number of thiazole rings is 1. The van der Waals surface area contributed by atoms with Crippen molar-refractivity contribution >= 4 is 33.5 Å². The predicted molar refractivity (Wildman–Crippen MR) is 122 cm³/mol. The first-order valence-electron chi connectivity index (χ1n) is 11.2. The number of allylic oxidation sites excluding steroid dienone is 2. The molecule has 0 aromatic carbocycles. The SMILES string of the molecule is Cc1ncsc1C(=O)NCCC1CCN(S(=O)(=O)NC(=O)NC[C@@H]2C[C@@H]3C=C[C@@H]2C3)CC1. The molecular formula is C21H31N5O4S2. The van der Waals surface area contributed by atoms with Crippen molar-refractivity contribution in [3.63, 3.8) is 0 Å². The third-order valence-corrected chi connectivity index (χ3v) is 9.28. The van der Waals surface area contributed by atoms with Crippen molar-refractivity contribution in [2.45, 2.75) is 39.0 Å². The number of hydrogen-bond acceptors (Lipinski definition) is 6. The van der Waals surface area contributed by atoms with Crippen molar-refractivity contribution in [2.75, 3.05) is 26.2 Å². The molecule has 3 atom stereocenters. The van der Waals surface area contributed by atoms with Gasteiger partial charge >= 0.3 is 16.2 Å². The second kappa shape index (κ2) is 9.88. The summed E-state index contributed by atoms with van der Waals surface area (Å²) < 4.78 is 28.6. The van der Waals surface area contributed by atoms with Gasteiger partial charge in [0.15, 0.2) is 0 Å². The number of piperidine rings is 1. The van der Waals surface area contributed by atoms with Crippen LogP contribution in [-0.4, -0.2) is 55.8 Å². The number of fused-ring (bicyclic) bond motifs is 2. The Morgan fingerprint density at radius 1 is 1.19 bits per heavy atom. The molecule has 1 aliphatic heterocycles. The first kappa shape index (κ1) is 23.2. The number of hydrogen-bond donors (Lipinski definition) is 3. The van der Waals surface area contributed by atoms with Gasteiger partial charge in [-0.25, -0.2) is 14.5 Å². The molecule has 0 unspecified atom stereocenters. The second-order valence-corrected chi connectivity index (χ2v) is 11.5. The van der Waals surface area contributed by atoms with Crippen LogP contribution in [0.4, 0.5) is 4.79 Å². The molecular weight excluding hydrogens is 450 g/mol. The van der Waals surface area contributed by atoms with Crippen molar-refractivity contribution in [1.82, 2.24) is 24.6 Å². The van der Waals surface area contributed by atoms with Crippen LogP contribution in [0.5, 0.6) is 0 Å². The van der Waals surface area contributed by atoms with Crippen LogP contribution in [-0.2, 0) is 10.2 Å². The molecule has 3 amide bonds. The summed E-state index contributed by atoms with van der Waals surface area (Å²) in [5, 5.41) is 5.65. The molecule has 4 rings (SSSR count). The number of carbonyl (C=O) groups excluding carboxylic acids is 2. The van der Waals surface area contributed by atoms with Crippen LogP contribution in [0.1, 0.15) is 47.5 Å². The van der Waals surface area contributed by atoms with Crippen LogP contribution >= 0.6 is 11.3 Å². The monoisotopic (exact) mass is 481 g/mol. The van der Waals surface area contributed by atoms with Crippen LogP contribution in [0.3, 0.4) is 0 Å². The highest BCUT2D eigenvalue weighted by atomic mass is 32.2. The van der Waals surface area contributed by atoms with E-state index in [4.69, 9.17) is 0 Å². The van der Waals surface area contributed by atoms with Crippen molar-refractivity contribution in [3.05, 3.63) is 28.2 Å². The minimum atomic E-state index is -3.85. The molecule has 1 aromatic rings. The summed E-state index contributed by atoms with van der Waals surface area (Å²) in [7, 11) is -3.85. The van der Waals surface area contributed by atoms with E-state index in [1.165, 1.54) is 15.6 Å². The summed E-state index contributed by atoms with van der Waals surface area (Å²) >= 11 is 1.33. The molecule has 176 valence electrons. The lowest BCUT2D eigenvalue weighted by Crippen LogP contribution is -2.50. The number of rotatable bonds is 8. The van der Waals surface area contributed by atoms with Gasteiger partial charge in [0.1, 0.15) is 4.88 Å². The lowest BCUT2D eigenvalue weighted by molar-refractivity contribution is 0.0953. The highest BCUT2D eigenvalue weighted by Gasteiger charge is 2.36. The third-order valence-electron chi connectivity index (χ3n) is 6.87. The standard InChI is InChI=1S/C21H31N5O4S2/c1-14-19(31-13-24-14)20(27)22-7-4-15-5-8-26(9-6-15)32(29,30)25-21(28)23-12-18-11-16-2-3-17(18)10-16/h2-3,13,15-18H,4-12H2,1H3,(H,22,27)(H2,23,25,28)/t16-,17-,18+/m1/s1. The summed E-state index contributed by atoms with van der Waals surface area (Å²) in [6, 6.07) is -0.653. The zero-order valence-corrected chi connectivity index (χ0v) is 19.9. The quantitative estimate of drug-likeness (QED) is 0.491. The molecule has 1 aromatic heterocycles. The molecule has 0 spiro atoms. The van der Waals surface area contributed by atoms with Gasteiger partial charge in [-0.1, -0.05) is 12.2 Å². The average molecular weight is 482 g/mol. The van der Waals surface area contributed by atoms with Crippen LogP contribution in [0, 0.1) is 30.6 Å². The smallest absolute Gasteiger partial charge is 0.329 e. The number of nitrogens with zero attached hydrogens (tertiary/aromatic N) is 2. The van der Waals surface area contributed by atoms with Crippen LogP contribution in [0.15, 0.2) is 17.7 Å². The Bertz CT molecular complexity index is 969. The van der Waals surface area contributed by atoms with E-state index in [0.717, 1.165) is 25.0 Å². The van der Waals surface area contributed by atoms with Gasteiger partial charge in [-0.2, -0.15) is 12.7 Å². The van der Waals surface area contributed by atoms with Crippen LogP contribution in [0.2, 0.25) is 0 Å². The highest BCUT2D eigenvalue weighted by Crippen LogP contribution is 2.42.